The third-order valence-electron chi connectivity index (χ3n) is 2.81. The van der Waals surface area contributed by atoms with Crippen molar-refractivity contribution in [1.29, 1.82) is 0 Å². The topological polar surface area (TPSA) is 22.0 Å². The maximum atomic E-state index is 10.5. The van der Waals surface area contributed by atoms with Gasteiger partial charge in [-0.25, -0.2) is 0 Å². The Bertz CT molecular complexity index is 496. The molecule has 0 amide bonds. The number of aryl methyl sites for hydroxylation is 2. The highest BCUT2D eigenvalue weighted by Gasteiger charge is 2.04. The van der Waals surface area contributed by atoms with E-state index in [-0.39, 0.29) is 0 Å². The Balaban J connectivity index is 2.62. The summed E-state index contributed by atoms with van der Waals surface area (Å²) in [6.45, 7) is 5.22. The van der Waals surface area contributed by atoms with E-state index in [0.717, 1.165) is 18.4 Å². The summed E-state index contributed by atoms with van der Waals surface area (Å²) in [7, 11) is 0. The molecular weight excluding hydrogens is 186 g/mol. The fourth-order valence-electron chi connectivity index (χ4n) is 2.01. The van der Waals surface area contributed by atoms with Crippen molar-refractivity contribution in [3.63, 3.8) is 0 Å². The van der Waals surface area contributed by atoms with E-state index in [1.54, 1.807) is 0 Å². The van der Waals surface area contributed by atoms with Gasteiger partial charge in [0.2, 0.25) is 0 Å². The standard InChI is InChI=1S/C13H15NO/c1-3-14-9-10(2)12-5-4-11(6-7-15)8-13(12)14/h4-5,7-9H,3,6H2,1-2H3. The Morgan fingerprint density at radius 3 is 2.87 bits per heavy atom. The average Bonchev–Trinajstić information content (AvgIpc) is 2.56. The monoisotopic (exact) mass is 201 g/mol. The van der Waals surface area contributed by atoms with Crippen molar-refractivity contribution in [2.24, 2.45) is 0 Å². The molecule has 0 aliphatic rings. The fraction of sp³-hybridized carbons (Fsp3) is 0.308. The van der Waals surface area contributed by atoms with Crippen molar-refractivity contribution in [2.75, 3.05) is 0 Å². The molecule has 0 radical (unpaired) electrons. The minimum atomic E-state index is 0.504. The van der Waals surface area contributed by atoms with Gasteiger partial charge in [-0.1, -0.05) is 12.1 Å². The summed E-state index contributed by atoms with van der Waals surface area (Å²) >= 11 is 0. The zero-order valence-corrected chi connectivity index (χ0v) is 9.16. The van der Waals surface area contributed by atoms with Gasteiger partial charge in [0, 0.05) is 30.1 Å². The number of carbonyl (C=O) groups excluding carboxylic acids is 1. The van der Waals surface area contributed by atoms with Gasteiger partial charge in [0.15, 0.2) is 0 Å². The summed E-state index contributed by atoms with van der Waals surface area (Å²) in [5, 5.41) is 1.28. The average molecular weight is 201 g/mol. The molecule has 2 aromatic rings. The molecule has 0 spiro atoms. The van der Waals surface area contributed by atoms with E-state index in [0.29, 0.717) is 6.42 Å². The number of fused-ring (bicyclic) bond motifs is 1. The maximum absolute atomic E-state index is 10.5. The Kier molecular flexibility index (Phi) is 2.58. The highest BCUT2D eigenvalue weighted by molar-refractivity contribution is 5.84. The van der Waals surface area contributed by atoms with Gasteiger partial charge < -0.3 is 9.36 Å². The summed E-state index contributed by atoms with van der Waals surface area (Å²) in [4.78, 5) is 10.5. The third kappa shape index (κ3) is 1.67. The van der Waals surface area contributed by atoms with Gasteiger partial charge in [-0.05, 0) is 31.0 Å². The molecule has 1 heterocycles. The molecule has 0 aliphatic heterocycles. The van der Waals surface area contributed by atoms with E-state index in [1.807, 2.05) is 6.07 Å². The van der Waals surface area contributed by atoms with Gasteiger partial charge in [-0.3, -0.25) is 0 Å². The van der Waals surface area contributed by atoms with E-state index < -0.39 is 0 Å². The Morgan fingerprint density at radius 2 is 2.20 bits per heavy atom. The lowest BCUT2D eigenvalue weighted by Crippen LogP contribution is -1.92. The number of hydrogen-bond donors (Lipinski definition) is 0. The summed E-state index contributed by atoms with van der Waals surface area (Å²) in [5.74, 6) is 0. The summed E-state index contributed by atoms with van der Waals surface area (Å²) < 4.78 is 2.22. The number of benzene rings is 1. The third-order valence-corrected chi connectivity index (χ3v) is 2.81. The lowest BCUT2D eigenvalue weighted by Gasteiger charge is -2.02. The van der Waals surface area contributed by atoms with Crippen molar-refractivity contribution in [2.45, 2.75) is 26.8 Å². The molecule has 0 fully saturated rings. The van der Waals surface area contributed by atoms with Crippen LogP contribution in [0.4, 0.5) is 0 Å². The number of rotatable bonds is 3. The van der Waals surface area contributed by atoms with Crippen LogP contribution in [0.25, 0.3) is 10.9 Å². The summed E-state index contributed by atoms with van der Waals surface area (Å²) in [6.07, 6.45) is 3.62. The molecule has 2 rings (SSSR count). The zero-order valence-electron chi connectivity index (χ0n) is 9.16. The molecule has 0 atom stereocenters. The molecule has 0 aliphatic carbocycles. The van der Waals surface area contributed by atoms with Crippen molar-refractivity contribution in [3.05, 3.63) is 35.5 Å². The van der Waals surface area contributed by atoms with Crippen molar-refractivity contribution in [3.8, 4) is 0 Å². The number of nitrogens with zero attached hydrogens (tertiary/aromatic N) is 1. The molecule has 0 N–H and O–H groups in total. The van der Waals surface area contributed by atoms with Crippen LogP contribution >= 0.6 is 0 Å². The van der Waals surface area contributed by atoms with Gasteiger partial charge in [0.1, 0.15) is 6.29 Å². The molecule has 1 aromatic heterocycles. The van der Waals surface area contributed by atoms with Crippen molar-refractivity contribution >= 4 is 17.2 Å². The molecule has 15 heavy (non-hydrogen) atoms. The Labute approximate surface area is 89.5 Å². The molecule has 0 unspecified atom stereocenters. The number of aromatic nitrogens is 1. The first kappa shape index (κ1) is 9.97. The van der Waals surface area contributed by atoms with Gasteiger partial charge in [-0.15, -0.1) is 0 Å². The first-order chi connectivity index (χ1) is 7.26. The molecule has 2 heteroatoms. The first-order valence-electron chi connectivity index (χ1n) is 5.28. The van der Waals surface area contributed by atoms with E-state index >= 15 is 0 Å². The number of hydrogen-bond acceptors (Lipinski definition) is 1. The first-order valence-corrected chi connectivity index (χ1v) is 5.28. The number of aldehydes is 1. The molecule has 1 aromatic carbocycles. The van der Waals surface area contributed by atoms with Crippen LogP contribution in [0.2, 0.25) is 0 Å². The number of carbonyl (C=O) groups is 1. The minimum absolute atomic E-state index is 0.504. The molecule has 0 bridgehead atoms. The molecule has 2 nitrogen and oxygen atoms in total. The van der Waals surface area contributed by atoms with E-state index in [2.05, 4.69) is 36.7 Å². The molecule has 78 valence electrons. The van der Waals surface area contributed by atoms with E-state index in [4.69, 9.17) is 0 Å². The summed E-state index contributed by atoms with van der Waals surface area (Å²) in [6, 6.07) is 6.25. The van der Waals surface area contributed by atoms with Crippen LogP contribution in [0.5, 0.6) is 0 Å². The largest absolute Gasteiger partial charge is 0.347 e. The second-order valence-electron chi connectivity index (χ2n) is 3.82. The Morgan fingerprint density at radius 1 is 1.40 bits per heavy atom. The van der Waals surface area contributed by atoms with Gasteiger partial charge in [-0.2, -0.15) is 0 Å². The molecule has 0 saturated carbocycles. The van der Waals surface area contributed by atoms with Crippen LogP contribution in [-0.2, 0) is 17.8 Å². The molecular formula is C13H15NO. The van der Waals surface area contributed by atoms with Crippen molar-refractivity contribution < 1.29 is 4.79 Å². The Hall–Kier alpha value is -1.57. The normalized spacial score (nSPS) is 10.8. The SMILES string of the molecule is CCn1cc(C)c2ccc(CC=O)cc21. The van der Waals surface area contributed by atoms with Gasteiger partial charge >= 0.3 is 0 Å². The van der Waals surface area contributed by atoms with Crippen LogP contribution in [0.3, 0.4) is 0 Å². The predicted octanol–water partition coefficient (Wildman–Crippen LogP) is 2.71. The van der Waals surface area contributed by atoms with Gasteiger partial charge in [0.05, 0.1) is 0 Å². The zero-order chi connectivity index (χ0) is 10.8. The summed E-state index contributed by atoms with van der Waals surface area (Å²) in [5.41, 5.74) is 3.61. The highest BCUT2D eigenvalue weighted by atomic mass is 16.1. The van der Waals surface area contributed by atoms with Crippen LogP contribution in [0.15, 0.2) is 24.4 Å². The second kappa shape index (κ2) is 3.89. The smallest absolute Gasteiger partial charge is 0.124 e. The van der Waals surface area contributed by atoms with Crippen LogP contribution in [0.1, 0.15) is 18.1 Å². The quantitative estimate of drug-likeness (QED) is 0.700. The lowest BCUT2D eigenvalue weighted by molar-refractivity contribution is -0.107. The fourth-order valence-corrected chi connectivity index (χ4v) is 2.01. The van der Waals surface area contributed by atoms with Gasteiger partial charge in [0.25, 0.3) is 0 Å². The van der Waals surface area contributed by atoms with Crippen molar-refractivity contribution in [1.82, 2.24) is 4.57 Å². The van der Waals surface area contributed by atoms with E-state index in [1.165, 1.54) is 16.5 Å². The van der Waals surface area contributed by atoms with Crippen LogP contribution in [0, 0.1) is 6.92 Å². The van der Waals surface area contributed by atoms with Crippen LogP contribution in [-0.4, -0.2) is 10.9 Å². The second-order valence-corrected chi connectivity index (χ2v) is 3.82. The molecule has 0 saturated heterocycles. The predicted molar refractivity (Wildman–Crippen MR) is 62.1 cm³/mol. The minimum Gasteiger partial charge on any atom is -0.347 e. The van der Waals surface area contributed by atoms with Crippen LogP contribution < -0.4 is 0 Å². The maximum Gasteiger partial charge on any atom is 0.124 e. The van der Waals surface area contributed by atoms with E-state index in [9.17, 15) is 4.79 Å². The lowest BCUT2D eigenvalue weighted by atomic mass is 10.1. The highest BCUT2D eigenvalue weighted by Crippen LogP contribution is 2.22.